The molecule has 0 heterocycles. The maximum Gasteiger partial charge on any atom is 0.246 e. The van der Waals surface area contributed by atoms with E-state index in [1.165, 1.54) is 0 Å². The molecule has 0 fully saturated rings. The van der Waals surface area contributed by atoms with Crippen LogP contribution in [0.3, 0.4) is 0 Å². The molecule has 1 aromatic carbocycles. The van der Waals surface area contributed by atoms with Gasteiger partial charge >= 0.3 is 0 Å². The summed E-state index contributed by atoms with van der Waals surface area (Å²) < 4.78 is 25.3. The molecule has 78 valence electrons. The van der Waals surface area contributed by atoms with Crippen molar-refractivity contribution in [1.82, 2.24) is 0 Å². The van der Waals surface area contributed by atoms with Gasteiger partial charge in [-0.2, -0.15) is 0 Å². The van der Waals surface area contributed by atoms with Crippen LogP contribution in [0.1, 0.15) is 22.6 Å². The average Bonchev–Trinajstić information content (AvgIpc) is 2.10. The van der Waals surface area contributed by atoms with Crippen molar-refractivity contribution in [3.63, 3.8) is 0 Å². The fourth-order valence-electron chi connectivity index (χ4n) is 1.76. The molecule has 0 bridgehead atoms. The predicted octanol–water partition coefficient (Wildman–Crippen LogP) is 2.61. The van der Waals surface area contributed by atoms with Crippen LogP contribution in [-0.4, -0.2) is 13.0 Å². The number of nitrogens with two attached hydrogens (primary N) is 1. The van der Waals surface area contributed by atoms with Gasteiger partial charge in [0.2, 0.25) is 6.43 Å². The van der Waals surface area contributed by atoms with Gasteiger partial charge in [-0.1, -0.05) is 18.2 Å². The summed E-state index contributed by atoms with van der Waals surface area (Å²) in [6, 6.07) is 5.55. The second-order valence-corrected chi connectivity index (χ2v) is 3.48. The van der Waals surface area contributed by atoms with Crippen LogP contribution in [0.4, 0.5) is 8.78 Å². The van der Waals surface area contributed by atoms with Crippen molar-refractivity contribution in [2.75, 3.05) is 6.54 Å². The fraction of sp³-hybridized carbons (Fsp3) is 0.455. The van der Waals surface area contributed by atoms with Gasteiger partial charge in [-0.3, -0.25) is 0 Å². The van der Waals surface area contributed by atoms with Crippen molar-refractivity contribution >= 4 is 0 Å². The van der Waals surface area contributed by atoms with Crippen molar-refractivity contribution in [3.05, 3.63) is 34.9 Å². The molecule has 14 heavy (non-hydrogen) atoms. The summed E-state index contributed by atoms with van der Waals surface area (Å²) >= 11 is 0. The molecule has 1 rings (SSSR count). The minimum absolute atomic E-state index is 0.0106. The minimum Gasteiger partial charge on any atom is -0.330 e. The van der Waals surface area contributed by atoms with E-state index in [-0.39, 0.29) is 6.54 Å². The third-order valence-electron chi connectivity index (χ3n) is 2.47. The Morgan fingerprint density at radius 3 is 2.07 bits per heavy atom. The molecule has 0 radical (unpaired) electrons. The van der Waals surface area contributed by atoms with Gasteiger partial charge < -0.3 is 5.73 Å². The van der Waals surface area contributed by atoms with Crippen LogP contribution < -0.4 is 5.73 Å². The van der Waals surface area contributed by atoms with E-state index in [9.17, 15) is 8.78 Å². The van der Waals surface area contributed by atoms with E-state index in [4.69, 9.17) is 5.73 Å². The molecule has 0 aliphatic heterocycles. The van der Waals surface area contributed by atoms with Gasteiger partial charge in [-0.05, 0) is 30.5 Å². The number of hydrogen-bond acceptors (Lipinski definition) is 1. The van der Waals surface area contributed by atoms with E-state index in [0.29, 0.717) is 5.56 Å². The first kappa shape index (κ1) is 11.1. The topological polar surface area (TPSA) is 26.0 Å². The molecule has 0 aromatic heterocycles. The van der Waals surface area contributed by atoms with Crippen LogP contribution in [-0.2, 0) is 0 Å². The van der Waals surface area contributed by atoms with Crippen LogP contribution >= 0.6 is 0 Å². The number of alkyl halides is 2. The van der Waals surface area contributed by atoms with Crippen LogP contribution in [0, 0.1) is 13.8 Å². The molecule has 1 atom stereocenters. The van der Waals surface area contributed by atoms with E-state index in [0.717, 1.165) is 11.1 Å². The van der Waals surface area contributed by atoms with Gasteiger partial charge in [0.25, 0.3) is 0 Å². The first-order valence-electron chi connectivity index (χ1n) is 4.62. The standard InChI is InChI=1S/C11H15F2N/c1-7-4-3-5-8(2)10(7)9(6-14)11(12)13/h3-5,9,11H,6,14H2,1-2H3. The highest BCUT2D eigenvalue weighted by Gasteiger charge is 2.23. The molecule has 0 saturated carbocycles. The summed E-state index contributed by atoms with van der Waals surface area (Å²) in [5, 5.41) is 0. The molecule has 0 amide bonds. The normalized spacial score (nSPS) is 13.3. The molecule has 0 saturated heterocycles. The van der Waals surface area contributed by atoms with Gasteiger partial charge in [0.1, 0.15) is 0 Å². The monoisotopic (exact) mass is 199 g/mol. The number of halogens is 2. The maximum atomic E-state index is 12.7. The van der Waals surface area contributed by atoms with Crippen LogP contribution in [0.2, 0.25) is 0 Å². The summed E-state index contributed by atoms with van der Waals surface area (Å²) in [6.45, 7) is 3.67. The zero-order valence-corrected chi connectivity index (χ0v) is 8.43. The highest BCUT2D eigenvalue weighted by molar-refractivity contribution is 5.37. The van der Waals surface area contributed by atoms with Crippen LogP contribution in [0.5, 0.6) is 0 Å². The van der Waals surface area contributed by atoms with E-state index in [2.05, 4.69) is 0 Å². The molecular weight excluding hydrogens is 184 g/mol. The third kappa shape index (κ3) is 2.10. The lowest BCUT2D eigenvalue weighted by molar-refractivity contribution is 0.116. The number of hydrogen-bond donors (Lipinski definition) is 1. The van der Waals surface area contributed by atoms with Crippen LogP contribution in [0.15, 0.2) is 18.2 Å². The van der Waals surface area contributed by atoms with Gasteiger partial charge in [0.05, 0.1) is 5.92 Å². The second-order valence-electron chi connectivity index (χ2n) is 3.48. The summed E-state index contributed by atoms with van der Waals surface area (Å²) in [6.07, 6.45) is -2.39. The fourth-order valence-corrected chi connectivity index (χ4v) is 1.76. The largest absolute Gasteiger partial charge is 0.330 e. The van der Waals surface area contributed by atoms with E-state index in [1.807, 2.05) is 32.0 Å². The third-order valence-corrected chi connectivity index (χ3v) is 2.47. The number of aryl methyl sites for hydroxylation is 2. The molecule has 3 heteroatoms. The Bertz CT molecular complexity index is 290. The molecular formula is C11H15F2N. The Kier molecular flexibility index (Phi) is 3.58. The Balaban J connectivity index is 3.15. The van der Waals surface area contributed by atoms with Crippen molar-refractivity contribution in [1.29, 1.82) is 0 Å². The van der Waals surface area contributed by atoms with E-state index < -0.39 is 12.3 Å². The van der Waals surface area contributed by atoms with Crippen LogP contribution in [0.25, 0.3) is 0 Å². The first-order chi connectivity index (χ1) is 6.57. The molecule has 0 aliphatic rings. The van der Waals surface area contributed by atoms with Crippen molar-refractivity contribution in [3.8, 4) is 0 Å². The lowest BCUT2D eigenvalue weighted by atomic mass is 9.91. The molecule has 0 aliphatic carbocycles. The number of rotatable bonds is 3. The van der Waals surface area contributed by atoms with Gasteiger partial charge in [0.15, 0.2) is 0 Å². The quantitative estimate of drug-likeness (QED) is 0.795. The second kappa shape index (κ2) is 4.51. The zero-order valence-electron chi connectivity index (χ0n) is 8.43. The van der Waals surface area contributed by atoms with Crippen molar-refractivity contribution in [2.45, 2.75) is 26.2 Å². The van der Waals surface area contributed by atoms with Gasteiger partial charge in [-0.25, -0.2) is 8.78 Å². The summed E-state index contributed by atoms with van der Waals surface area (Å²) in [5.74, 6) is -0.837. The van der Waals surface area contributed by atoms with E-state index in [1.54, 1.807) is 0 Å². The van der Waals surface area contributed by atoms with Crippen molar-refractivity contribution in [2.24, 2.45) is 5.73 Å². The molecule has 0 spiro atoms. The first-order valence-corrected chi connectivity index (χ1v) is 4.62. The van der Waals surface area contributed by atoms with Gasteiger partial charge in [0, 0.05) is 6.54 Å². The summed E-state index contributed by atoms with van der Waals surface area (Å²) in [5.41, 5.74) is 7.84. The average molecular weight is 199 g/mol. The predicted molar refractivity (Wildman–Crippen MR) is 53.7 cm³/mol. The summed E-state index contributed by atoms with van der Waals surface area (Å²) in [4.78, 5) is 0. The Morgan fingerprint density at radius 1 is 1.21 bits per heavy atom. The zero-order chi connectivity index (χ0) is 10.7. The lowest BCUT2D eigenvalue weighted by Gasteiger charge is -2.19. The maximum absolute atomic E-state index is 12.7. The smallest absolute Gasteiger partial charge is 0.246 e. The molecule has 1 nitrogen and oxygen atoms in total. The van der Waals surface area contributed by atoms with Crippen molar-refractivity contribution < 1.29 is 8.78 Å². The van der Waals surface area contributed by atoms with E-state index >= 15 is 0 Å². The molecule has 1 unspecified atom stereocenters. The molecule has 1 aromatic rings. The van der Waals surface area contributed by atoms with Gasteiger partial charge in [-0.15, -0.1) is 0 Å². The lowest BCUT2D eigenvalue weighted by Crippen LogP contribution is -2.21. The highest BCUT2D eigenvalue weighted by atomic mass is 19.3. The Labute approximate surface area is 82.9 Å². The Morgan fingerprint density at radius 2 is 1.71 bits per heavy atom. The molecule has 2 N–H and O–H groups in total. The Hall–Kier alpha value is -0.960. The minimum atomic E-state index is -2.39. The highest BCUT2D eigenvalue weighted by Crippen LogP contribution is 2.27. The SMILES string of the molecule is Cc1cccc(C)c1C(CN)C(F)F. The number of benzene rings is 1. The summed E-state index contributed by atoms with van der Waals surface area (Å²) in [7, 11) is 0.